The molecule has 0 aromatic heterocycles. The van der Waals surface area contributed by atoms with Crippen LogP contribution in [0.3, 0.4) is 0 Å². The van der Waals surface area contributed by atoms with Gasteiger partial charge < -0.3 is 15.3 Å². The predicted molar refractivity (Wildman–Crippen MR) is 70.8 cm³/mol. The van der Waals surface area contributed by atoms with Crippen molar-refractivity contribution in [3.63, 3.8) is 0 Å². The Balaban J connectivity index is 1.99. The van der Waals surface area contributed by atoms with E-state index in [-0.39, 0.29) is 11.5 Å². The Kier molecular flexibility index (Phi) is 4.16. The van der Waals surface area contributed by atoms with Gasteiger partial charge >= 0.3 is 5.97 Å². The highest BCUT2D eigenvalue weighted by molar-refractivity contribution is 5.88. The molecule has 1 amide bonds. The molecule has 0 fully saturated rings. The number of aromatic carboxylic acids is 1. The van der Waals surface area contributed by atoms with E-state index in [1.807, 2.05) is 6.92 Å². The largest absolute Gasteiger partial charge is 0.478 e. The molecule has 0 radical (unpaired) electrons. The van der Waals surface area contributed by atoms with Crippen LogP contribution in [-0.2, 0) is 17.9 Å². The number of carbonyl (C=O) groups excluding carboxylic acids is 1. The van der Waals surface area contributed by atoms with Gasteiger partial charge in [-0.05, 0) is 29.8 Å². The Morgan fingerprint density at radius 1 is 1.32 bits per heavy atom. The van der Waals surface area contributed by atoms with Crippen LogP contribution < -0.4 is 5.32 Å². The molecule has 1 aromatic rings. The summed E-state index contributed by atoms with van der Waals surface area (Å²) in [5, 5.41) is 12.1. The van der Waals surface area contributed by atoms with Crippen molar-refractivity contribution < 1.29 is 14.7 Å². The Hall–Kier alpha value is -1.88. The second-order valence-electron chi connectivity index (χ2n) is 4.64. The Labute approximate surface area is 112 Å². The van der Waals surface area contributed by atoms with Gasteiger partial charge in [-0.2, -0.15) is 0 Å². The van der Waals surface area contributed by atoms with Crippen molar-refractivity contribution in [1.29, 1.82) is 0 Å². The highest BCUT2D eigenvalue weighted by Crippen LogP contribution is 2.24. The van der Waals surface area contributed by atoms with E-state index < -0.39 is 5.97 Å². The second kappa shape index (κ2) is 5.84. The first-order valence-electron chi connectivity index (χ1n) is 6.45. The van der Waals surface area contributed by atoms with Crippen molar-refractivity contribution >= 4 is 11.9 Å². The maximum Gasteiger partial charge on any atom is 0.335 e. The quantitative estimate of drug-likeness (QED) is 0.783. The number of carbonyl (C=O) groups is 2. The van der Waals surface area contributed by atoms with Gasteiger partial charge in [-0.15, -0.1) is 0 Å². The third-order valence-corrected chi connectivity index (χ3v) is 3.29. The molecule has 0 saturated carbocycles. The number of fused-ring (bicyclic) bond motifs is 1. The predicted octanol–water partition coefficient (Wildman–Crippen LogP) is 1.23. The molecule has 1 aliphatic heterocycles. The molecule has 2 N–H and O–H groups in total. The van der Waals surface area contributed by atoms with E-state index in [9.17, 15) is 9.59 Å². The lowest BCUT2D eigenvalue weighted by atomic mass is 10.1. The molecule has 1 aromatic carbocycles. The molecule has 0 aliphatic carbocycles. The van der Waals surface area contributed by atoms with Crippen molar-refractivity contribution in [2.24, 2.45) is 0 Å². The molecule has 102 valence electrons. The van der Waals surface area contributed by atoms with Crippen LogP contribution in [0.15, 0.2) is 18.2 Å². The molecule has 0 saturated heterocycles. The van der Waals surface area contributed by atoms with Crippen molar-refractivity contribution in [1.82, 2.24) is 10.2 Å². The van der Waals surface area contributed by atoms with E-state index in [1.54, 1.807) is 23.1 Å². The molecule has 0 bridgehead atoms. The number of benzene rings is 1. The number of nitrogens with zero attached hydrogens (tertiary/aromatic N) is 1. The van der Waals surface area contributed by atoms with Crippen LogP contribution in [-0.4, -0.2) is 35.0 Å². The van der Waals surface area contributed by atoms with Gasteiger partial charge in [0.25, 0.3) is 0 Å². The molecule has 0 unspecified atom stereocenters. The maximum atomic E-state index is 12.0. The summed E-state index contributed by atoms with van der Waals surface area (Å²) in [6, 6.07) is 5.05. The Morgan fingerprint density at radius 3 is 2.74 bits per heavy atom. The molecule has 0 atom stereocenters. The van der Waals surface area contributed by atoms with Crippen molar-refractivity contribution in [3.8, 4) is 0 Å². The van der Waals surface area contributed by atoms with Crippen LogP contribution in [0, 0.1) is 0 Å². The Morgan fingerprint density at radius 2 is 2.05 bits per heavy atom. The summed E-state index contributed by atoms with van der Waals surface area (Å²) >= 11 is 0. The van der Waals surface area contributed by atoms with Crippen molar-refractivity contribution in [2.75, 3.05) is 13.1 Å². The number of nitrogens with one attached hydrogen (secondary N) is 1. The van der Waals surface area contributed by atoms with Crippen molar-refractivity contribution in [2.45, 2.75) is 26.4 Å². The van der Waals surface area contributed by atoms with Crippen LogP contribution in [0.4, 0.5) is 0 Å². The second-order valence-corrected chi connectivity index (χ2v) is 4.64. The maximum absolute atomic E-state index is 12.0. The van der Waals surface area contributed by atoms with E-state index in [0.29, 0.717) is 26.1 Å². The van der Waals surface area contributed by atoms with Gasteiger partial charge in [0.2, 0.25) is 5.91 Å². The summed E-state index contributed by atoms with van der Waals surface area (Å²) in [5.41, 5.74) is 2.26. The number of hydrogen-bond acceptors (Lipinski definition) is 3. The first-order chi connectivity index (χ1) is 9.11. The molecular formula is C14H18N2O3. The van der Waals surface area contributed by atoms with Gasteiger partial charge in [-0.1, -0.05) is 13.0 Å². The number of rotatable bonds is 5. The lowest BCUT2D eigenvalue weighted by Crippen LogP contribution is -2.28. The van der Waals surface area contributed by atoms with Crippen LogP contribution in [0.5, 0.6) is 0 Å². The van der Waals surface area contributed by atoms with Gasteiger partial charge in [0.05, 0.1) is 5.56 Å². The van der Waals surface area contributed by atoms with E-state index in [2.05, 4.69) is 5.32 Å². The number of carboxylic acids is 1. The lowest BCUT2D eigenvalue weighted by Gasteiger charge is -2.15. The van der Waals surface area contributed by atoms with E-state index in [1.165, 1.54) is 0 Å². The fraction of sp³-hybridized carbons (Fsp3) is 0.429. The molecule has 2 rings (SSSR count). The zero-order chi connectivity index (χ0) is 13.8. The zero-order valence-electron chi connectivity index (χ0n) is 11.0. The third kappa shape index (κ3) is 3.12. The summed E-state index contributed by atoms with van der Waals surface area (Å²) in [6.45, 7) is 4.64. The summed E-state index contributed by atoms with van der Waals surface area (Å²) in [4.78, 5) is 24.7. The van der Waals surface area contributed by atoms with E-state index >= 15 is 0 Å². The lowest BCUT2D eigenvalue weighted by molar-refractivity contribution is -0.131. The smallest absolute Gasteiger partial charge is 0.335 e. The van der Waals surface area contributed by atoms with Crippen LogP contribution in [0.25, 0.3) is 0 Å². The first kappa shape index (κ1) is 13.5. The first-order valence-corrected chi connectivity index (χ1v) is 6.45. The monoisotopic (exact) mass is 262 g/mol. The van der Waals surface area contributed by atoms with Gasteiger partial charge in [0.1, 0.15) is 0 Å². The summed E-state index contributed by atoms with van der Waals surface area (Å²) in [6.07, 6.45) is 0.480. The molecule has 5 heteroatoms. The molecule has 5 nitrogen and oxygen atoms in total. The van der Waals surface area contributed by atoms with Gasteiger partial charge in [0, 0.05) is 26.1 Å². The van der Waals surface area contributed by atoms with Gasteiger partial charge in [-0.3, -0.25) is 4.79 Å². The van der Waals surface area contributed by atoms with Crippen LogP contribution >= 0.6 is 0 Å². The van der Waals surface area contributed by atoms with Gasteiger partial charge in [0.15, 0.2) is 0 Å². The van der Waals surface area contributed by atoms with Crippen LogP contribution in [0.1, 0.15) is 34.8 Å². The summed E-state index contributed by atoms with van der Waals surface area (Å²) in [7, 11) is 0. The SMILES string of the molecule is CCNCCC(=O)N1Cc2ccc(C(=O)O)cc2C1. The average molecular weight is 262 g/mol. The topological polar surface area (TPSA) is 69.6 Å². The zero-order valence-corrected chi connectivity index (χ0v) is 11.0. The number of amides is 1. The normalized spacial score (nSPS) is 13.4. The standard InChI is InChI=1S/C14H18N2O3/c1-2-15-6-5-13(17)16-8-11-4-3-10(14(18)19)7-12(11)9-16/h3-4,7,15H,2,5-6,8-9H2,1H3,(H,18,19). The molecule has 0 spiro atoms. The Bertz CT molecular complexity index is 499. The van der Waals surface area contributed by atoms with Crippen molar-refractivity contribution in [3.05, 3.63) is 34.9 Å². The van der Waals surface area contributed by atoms with E-state index in [0.717, 1.165) is 17.7 Å². The summed E-state index contributed by atoms with van der Waals surface area (Å²) in [5.74, 6) is -0.825. The third-order valence-electron chi connectivity index (χ3n) is 3.29. The fourth-order valence-corrected chi connectivity index (χ4v) is 2.23. The molecular weight excluding hydrogens is 244 g/mol. The molecule has 1 aliphatic rings. The highest BCUT2D eigenvalue weighted by Gasteiger charge is 2.23. The highest BCUT2D eigenvalue weighted by atomic mass is 16.4. The molecule has 1 heterocycles. The number of hydrogen-bond donors (Lipinski definition) is 2. The summed E-state index contributed by atoms with van der Waals surface area (Å²) < 4.78 is 0. The van der Waals surface area contributed by atoms with E-state index in [4.69, 9.17) is 5.11 Å². The average Bonchev–Trinajstić information content (AvgIpc) is 2.81. The molecule has 19 heavy (non-hydrogen) atoms. The minimum atomic E-state index is -0.931. The number of carboxylic acid groups (broad SMARTS) is 1. The fourth-order valence-electron chi connectivity index (χ4n) is 2.23. The minimum Gasteiger partial charge on any atom is -0.478 e. The van der Waals surface area contributed by atoms with Crippen LogP contribution in [0.2, 0.25) is 0 Å². The van der Waals surface area contributed by atoms with Gasteiger partial charge in [-0.25, -0.2) is 4.79 Å². The minimum absolute atomic E-state index is 0.106.